The zero-order valence-electron chi connectivity index (χ0n) is 18.4. The van der Waals surface area contributed by atoms with Crippen molar-refractivity contribution < 1.29 is 27.9 Å². The highest BCUT2D eigenvalue weighted by molar-refractivity contribution is 7.89. The largest absolute Gasteiger partial charge is 0.493 e. The van der Waals surface area contributed by atoms with Crippen LogP contribution in [0, 0.1) is 5.92 Å². The summed E-state index contributed by atoms with van der Waals surface area (Å²) in [6, 6.07) is 6.35. The van der Waals surface area contributed by atoms with Crippen LogP contribution in [0.1, 0.15) is 44.6 Å². The van der Waals surface area contributed by atoms with E-state index in [0.29, 0.717) is 31.1 Å². The summed E-state index contributed by atoms with van der Waals surface area (Å²) in [6.45, 7) is 4.66. The van der Waals surface area contributed by atoms with Crippen LogP contribution in [0.25, 0.3) is 5.70 Å². The highest BCUT2D eigenvalue weighted by Gasteiger charge is 2.29. The van der Waals surface area contributed by atoms with Crippen molar-refractivity contribution in [3.05, 3.63) is 35.9 Å². The Morgan fingerprint density at radius 3 is 2.66 bits per heavy atom. The van der Waals surface area contributed by atoms with E-state index in [1.54, 1.807) is 6.08 Å². The molecule has 2 unspecified atom stereocenters. The Morgan fingerprint density at radius 2 is 2.00 bits per heavy atom. The molecule has 9 nitrogen and oxygen atoms in total. The molecule has 2 aliphatic heterocycles. The average molecular weight is 468 g/mol. The third-order valence-corrected chi connectivity index (χ3v) is 7.11. The van der Waals surface area contributed by atoms with Crippen molar-refractivity contribution in [2.45, 2.75) is 51.2 Å². The lowest BCUT2D eigenvalue weighted by Gasteiger charge is -2.22. The maximum absolute atomic E-state index is 12.1. The first-order chi connectivity index (χ1) is 15.4. The predicted octanol–water partition coefficient (Wildman–Crippen LogP) is 1.87. The highest BCUT2D eigenvalue weighted by atomic mass is 32.2. The van der Waals surface area contributed by atoms with Gasteiger partial charge in [-0.25, -0.2) is 13.1 Å². The third kappa shape index (κ3) is 7.47. The average Bonchev–Trinajstić information content (AvgIpc) is 3.25. The van der Waals surface area contributed by atoms with Crippen molar-refractivity contribution in [3.63, 3.8) is 0 Å². The smallest absolute Gasteiger partial charge is 0.321 e. The van der Waals surface area contributed by atoms with E-state index in [0.717, 1.165) is 37.2 Å². The Bertz CT molecular complexity index is 881. The van der Waals surface area contributed by atoms with Crippen molar-refractivity contribution in [2.75, 3.05) is 25.4 Å². The van der Waals surface area contributed by atoms with Crippen LogP contribution in [0.2, 0.25) is 0 Å². The summed E-state index contributed by atoms with van der Waals surface area (Å²) in [5.41, 5.74) is 4.39. The molecular weight excluding hydrogens is 434 g/mol. The Hall–Kier alpha value is -2.14. The summed E-state index contributed by atoms with van der Waals surface area (Å²) in [6.07, 6.45) is 4.61. The lowest BCUT2D eigenvalue weighted by atomic mass is 9.99. The van der Waals surface area contributed by atoms with E-state index in [4.69, 9.17) is 9.57 Å². The van der Waals surface area contributed by atoms with E-state index in [1.165, 1.54) is 0 Å². The molecule has 32 heavy (non-hydrogen) atoms. The SMILES string of the molecule is CCCCS(=O)(=O)NC(CC1C=C(c2ccc(OCC3CCNCC3)cc2)NO1)C(=O)O. The van der Waals surface area contributed by atoms with Gasteiger partial charge in [0.05, 0.1) is 18.1 Å². The molecule has 1 aromatic rings. The van der Waals surface area contributed by atoms with Gasteiger partial charge in [0, 0.05) is 6.42 Å². The number of sulfonamides is 1. The molecule has 0 radical (unpaired) electrons. The molecule has 1 fully saturated rings. The van der Waals surface area contributed by atoms with Gasteiger partial charge in [0.2, 0.25) is 10.0 Å². The maximum atomic E-state index is 12.1. The fourth-order valence-corrected chi connectivity index (χ4v) is 5.12. The van der Waals surface area contributed by atoms with Crippen LogP contribution < -0.4 is 20.3 Å². The molecule has 0 aliphatic carbocycles. The first-order valence-electron chi connectivity index (χ1n) is 11.2. The number of aliphatic carboxylic acids is 1. The molecule has 0 amide bonds. The summed E-state index contributed by atoms with van der Waals surface area (Å²) in [4.78, 5) is 17.0. The van der Waals surface area contributed by atoms with Crippen molar-refractivity contribution in [2.24, 2.45) is 5.92 Å². The van der Waals surface area contributed by atoms with Crippen LogP contribution in [-0.4, -0.2) is 57.1 Å². The molecule has 0 aromatic heterocycles. The number of rotatable bonds is 12. The van der Waals surface area contributed by atoms with Crippen LogP contribution in [-0.2, 0) is 19.7 Å². The highest BCUT2D eigenvalue weighted by Crippen LogP contribution is 2.24. The van der Waals surface area contributed by atoms with Crippen LogP contribution >= 0.6 is 0 Å². The first kappa shape index (κ1) is 24.5. The normalized spacial score (nSPS) is 20.4. The summed E-state index contributed by atoms with van der Waals surface area (Å²) < 4.78 is 32.4. The van der Waals surface area contributed by atoms with E-state index in [9.17, 15) is 18.3 Å². The minimum atomic E-state index is -3.66. The summed E-state index contributed by atoms with van der Waals surface area (Å²) >= 11 is 0. The van der Waals surface area contributed by atoms with Gasteiger partial charge in [-0.2, -0.15) is 0 Å². The second kappa shape index (κ2) is 11.6. The number of hydrogen-bond acceptors (Lipinski definition) is 7. The van der Waals surface area contributed by atoms with Gasteiger partial charge in [-0.05, 0) is 74.2 Å². The number of benzene rings is 1. The molecule has 0 bridgehead atoms. The minimum absolute atomic E-state index is 0.0192. The summed E-state index contributed by atoms with van der Waals surface area (Å²) in [5, 5.41) is 12.8. The molecule has 1 saturated heterocycles. The summed E-state index contributed by atoms with van der Waals surface area (Å²) in [7, 11) is -3.66. The van der Waals surface area contributed by atoms with Crippen molar-refractivity contribution in [1.82, 2.24) is 15.5 Å². The fourth-order valence-electron chi connectivity index (χ4n) is 3.70. The number of carboxylic acid groups (broad SMARTS) is 1. The lowest BCUT2D eigenvalue weighted by Crippen LogP contribution is -2.43. The number of carboxylic acids is 1. The second-order valence-electron chi connectivity index (χ2n) is 8.28. The molecule has 2 atom stereocenters. The van der Waals surface area contributed by atoms with Gasteiger partial charge in [0.25, 0.3) is 0 Å². The van der Waals surface area contributed by atoms with Crippen LogP contribution in [0.3, 0.4) is 0 Å². The third-order valence-electron chi connectivity index (χ3n) is 5.64. The number of hydroxylamine groups is 1. The zero-order chi connectivity index (χ0) is 23.0. The van der Waals surface area contributed by atoms with Gasteiger partial charge in [0.15, 0.2) is 0 Å². The number of piperidine rings is 1. The molecule has 0 spiro atoms. The van der Waals surface area contributed by atoms with Crippen molar-refractivity contribution in [3.8, 4) is 5.75 Å². The molecule has 1 aromatic carbocycles. The summed E-state index contributed by atoms with van der Waals surface area (Å²) in [5.74, 6) is 0.0527. The molecule has 0 saturated carbocycles. The van der Waals surface area contributed by atoms with Crippen molar-refractivity contribution in [1.29, 1.82) is 0 Å². The molecule has 4 N–H and O–H groups in total. The molecule has 2 heterocycles. The minimum Gasteiger partial charge on any atom is -0.493 e. The number of ether oxygens (including phenoxy) is 1. The monoisotopic (exact) mass is 467 g/mol. The van der Waals surface area contributed by atoms with Crippen LogP contribution in [0.5, 0.6) is 5.75 Å². The van der Waals surface area contributed by atoms with E-state index in [1.807, 2.05) is 31.2 Å². The quantitative estimate of drug-likeness (QED) is 0.367. The number of nitrogens with one attached hydrogen (secondary N) is 3. The standard InChI is InChI=1S/C22H33N3O6S/c1-2-3-12-32(28,29)25-21(22(26)27)14-19-13-20(24-31-19)17-4-6-18(7-5-17)30-15-16-8-10-23-11-9-16/h4-7,13,16,19,21,23-25H,2-3,8-12,14-15H2,1H3,(H,26,27). The molecular formula is C22H33N3O6S. The van der Waals surface area contributed by atoms with E-state index in [-0.39, 0.29) is 12.2 Å². The lowest BCUT2D eigenvalue weighted by molar-refractivity contribution is -0.139. The van der Waals surface area contributed by atoms with Gasteiger partial charge in [0.1, 0.15) is 17.9 Å². The Balaban J connectivity index is 1.54. The Labute approximate surface area is 189 Å². The van der Waals surface area contributed by atoms with Crippen LogP contribution in [0.15, 0.2) is 30.3 Å². The fraction of sp³-hybridized carbons (Fsp3) is 0.591. The molecule has 10 heteroatoms. The van der Waals surface area contributed by atoms with Gasteiger partial charge >= 0.3 is 5.97 Å². The van der Waals surface area contributed by atoms with Gasteiger partial charge < -0.3 is 15.2 Å². The maximum Gasteiger partial charge on any atom is 0.321 e. The van der Waals surface area contributed by atoms with E-state index < -0.39 is 28.1 Å². The topological polar surface area (TPSA) is 126 Å². The van der Waals surface area contributed by atoms with Crippen molar-refractivity contribution >= 4 is 21.7 Å². The Morgan fingerprint density at radius 1 is 1.28 bits per heavy atom. The Kier molecular flexibility index (Phi) is 8.92. The predicted molar refractivity (Wildman–Crippen MR) is 121 cm³/mol. The molecule has 178 valence electrons. The van der Waals surface area contributed by atoms with Gasteiger partial charge in [-0.1, -0.05) is 13.3 Å². The van der Waals surface area contributed by atoms with E-state index >= 15 is 0 Å². The number of hydrogen-bond donors (Lipinski definition) is 4. The molecule has 2 aliphatic rings. The number of carbonyl (C=O) groups is 1. The van der Waals surface area contributed by atoms with Crippen LogP contribution in [0.4, 0.5) is 0 Å². The molecule has 3 rings (SSSR count). The number of unbranched alkanes of at least 4 members (excludes halogenated alkanes) is 1. The van der Waals surface area contributed by atoms with Gasteiger partial charge in [-0.3, -0.25) is 15.1 Å². The first-order valence-corrected chi connectivity index (χ1v) is 12.8. The van der Waals surface area contributed by atoms with E-state index in [2.05, 4.69) is 15.5 Å². The van der Waals surface area contributed by atoms with Gasteiger partial charge in [-0.15, -0.1) is 0 Å². The zero-order valence-corrected chi connectivity index (χ0v) is 19.2. The second-order valence-corrected chi connectivity index (χ2v) is 10.2.